The van der Waals surface area contributed by atoms with Crippen LogP contribution >= 0.6 is 0 Å². The molecule has 0 atom stereocenters. The Labute approximate surface area is 96.0 Å². The molecule has 1 aromatic rings. The summed E-state index contributed by atoms with van der Waals surface area (Å²) >= 11 is 0. The Hall–Kier alpha value is -1.58. The van der Waals surface area contributed by atoms with E-state index in [0.29, 0.717) is 18.0 Å². The standard InChI is InChI=1S/C12H18N2O2/c1-4-6-13-11-10(12(15)16-5-2)7-9(3)8-14-11/h7-8H,4-6H2,1-3H3,(H,13,14). The van der Waals surface area contributed by atoms with Gasteiger partial charge in [-0.05, 0) is 31.9 Å². The fourth-order valence-corrected chi connectivity index (χ4v) is 1.32. The molecule has 0 saturated carbocycles. The first-order valence-electron chi connectivity index (χ1n) is 5.56. The average molecular weight is 222 g/mol. The Morgan fingerprint density at radius 3 is 2.88 bits per heavy atom. The quantitative estimate of drug-likeness (QED) is 0.777. The van der Waals surface area contributed by atoms with Crippen LogP contribution in [-0.2, 0) is 4.74 Å². The van der Waals surface area contributed by atoms with Gasteiger partial charge in [0.2, 0.25) is 0 Å². The van der Waals surface area contributed by atoms with Crippen molar-refractivity contribution in [1.29, 1.82) is 0 Å². The van der Waals surface area contributed by atoms with Crippen LogP contribution in [0, 0.1) is 6.92 Å². The van der Waals surface area contributed by atoms with Gasteiger partial charge in [-0.3, -0.25) is 0 Å². The van der Waals surface area contributed by atoms with Gasteiger partial charge in [-0.1, -0.05) is 6.92 Å². The zero-order valence-electron chi connectivity index (χ0n) is 10.0. The first-order chi connectivity index (χ1) is 7.69. The molecule has 0 fully saturated rings. The predicted octanol–water partition coefficient (Wildman–Crippen LogP) is 2.39. The van der Waals surface area contributed by atoms with Gasteiger partial charge >= 0.3 is 5.97 Å². The Kier molecular flexibility index (Phi) is 4.76. The van der Waals surface area contributed by atoms with Crippen molar-refractivity contribution in [2.24, 2.45) is 0 Å². The summed E-state index contributed by atoms with van der Waals surface area (Å²) in [5.74, 6) is 0.281. The lowest BCUT2D eigenvalue weighted by Gasteiger charge is -2.10. The molecule has 0 radical (unpaired) electrons. The van der Waals surface area contributed by atoms with Crippen molar-refractivity contribution in [3.05, 3.63) is 23.4 Å². The van der Waals surface area contributed by atoms with Crippen molar-refractivity contribution in [3.63, 3.8) is 0 Å². The zero-order chi connectivity index (χ0) is 12.0. The lowest BCUT2D eigenvalue weighted by Crippen LogP contribution is -2.12. The maximum Gasteiger partial charge on any atom is 0.341 e. The smallest absolute Gasteiger partial charge is 0.341 e. The summed E-state index contributed by atoms with van der Waals surface area (Å²) in [6.07, 6.45) is 2.72. The minimum absolute atomic E-state index is 0.322. The number of anilines is 1. The van der Waals surface area contributed by atoms with Crippen molar-refractivity contribution in [2.45, 2.75) is 27.2 Å². The monoisotopic (exact) mass is 222 g/mol. The lowest BCUT2D eigenvalue weighted by atomic mass is 10.2. The maximum atomic E-state index is 11.7. The number of aryl methyl sites for hydroxylation is 1. The van der Waals surface area contributed by atoms with Crippen LogP contribution in [-0.4, -0.2) is 24.1 Å². The molecule has 4 nitrogen and oxygen atoms in total. The van der Waals surface area contributed by atoms with Gasteiger partial charge in [0.05, 0.1) is 6.61 Å². The third-order valence-corrected chi connectivity index (χ3v) is 2.06. The van der Waals surface area contributed by atoms with Crippen LogP contribution in [0.15, 0.2) is 12.3 Å². The highest BCUT2D eigenvalue weighted by molar-refractivity contribution is 5.94. The topological polar surface area (TPSA) is 51.2 Å². The molecule has 0 aliphatic carbocycles. The van der Waals surface area contributed by atoms with Gasteiger partial charge in [0.15, 0.2) is 0 Å². The largest absolute Gasteiger partial charge is 0.462 e. The fraction of sp³-hybridized carbons (Fsp3) is 0.500. The number of esters is 1. The molecule has 1 aromatic heterocycles. The van der Waals surface area contributed by atoms with E-state index in [9.17, 15) is 4.79 Å². The number of hydrogen-bond acceptors (Lipinski definition) is 4. The fourth-order valence-electron chi connectivity index (χ4n) is 1.32. The van der Waals surface area contributed by atoms with E-state index in [4.69, 9.17) is 4.74 Å². The minimum atomic E-state index is -0.322. The van der Waals surface area contributed by atoms with Gasteiger partial charge in [0, 0.05) is 12.7 Å². The van der Waals surface area contributed by atoms with Crippen molar-refractivity contribution >= 4 is 11.8 Å². The number of aromatic nitrogens is 1. The van der Waals surface area contributed by atoms with E-state index in [-0.39, 0.29) is 5.97 Å². The van der Waals surface area contributed by atoms with E-state index in [2.05, 4.69) is 17.2 Å². The molecular formula is C12H18N2O2. The number of pyridine rings is 1. The van der Waals surface area contributed by atoms with E-state index in [1.54, 1.807) is 19.2 Å². The Balaban J connectivity index is 2.93. The molecule has 88 valence electrons. The van der Waals surface area contributed by atoms with Gasteiger partial charge in [0.25, 0.3) is 0 Å². The van der Waals surface area contributed by atoms with Crippen molar-refractivity contribution < 1.29 is 9.53 Å². The van der Waals surface area contributed by atoms with Crippen LogP contribution in [0.3, 0.4) is 0 Å². The van der Waals surface area contributed by atoms with Gasteiger partial charge in [-0.25, -0.2) is 9.78 Å². The van der Waals surface area contributed by atoms with Crippen molar-refractivity contribution in [2.75, 3.05) is 18.5 Å². The van der Waals surface area contributed by atoms with Crippen LogP contribution in [0.2, 0.25) is 0 Å². The molecule has 1 rings (SSSR count). The molecule has 0 aliphatic heterocycles. The first kappa shape index (κ1) is 12.5. The Morgan fingerprint density at radius 2 is 2.25 bits per heavy atom. The maximum absolute atomic E-state index is 11.7. The predicted molar refractivity (Wildman–Crippen MR) is 63.7 cm³/mol. The Morgan fingerprint density at radius 1 is 1.50 bits per heavy atom. The summed E-state index contributed by atoms with van der Waals surface area (Å²) in [7, 11) is 0. The molecule has 1 N–H and O–H groups in total. The summed E-state index contributed by atoms with van der Waals surface area (Å²) in [5, 5.41) is 3.12. The summed E-state index contributed by atoms with van der Waals surface area (Å²) in [5.41, 5.74) is 1.46. The van der Waals surface area contributed by atoms with E-state index in [1.165, 1.54) is 0 Å². The highest BCUT2D eigenvalue weighted by Crippen LogP contribution is 2.15. The number of carbonyl (C=O) groups excluding carboxylic acids is 1. The van der Waals surface area contributed by atoms with E-state index in [0.717, 1.165) is 18.5 Å². The van der Waals surface area contributed by atoms with Gasteiger partial charge in [-0.15, -0.1) is 0 Å². The molecule has 0 unspecified atom stereocenters. The van der Waals surface area contributed by atoms with Crippen LogP contribution in [0.1, 0.15) is 36.2 Å². The number of nitrogens with one attached hydrogen (secondary N) is 1. The van der Waals surface area contributed by atoms with E-state index < -0.39 is 0 Å². The van der Waals surface area contributed by atoms with Crippen LogP contribution in [0.25, 0.3) is 0 Å². The number of ether oxygens (including phenoxy) is 1. The van der Waals surface area contributed by atoms with E-state index in [1.807, 2.05) is 6.92 Å². The molecule has 0 bridgehead atoms. The molecule has 4 heteroatoms. The summed E-state index contributed by atoms with van der Waals surface area (Å²) < 4.78 is 4.98. The molecule has 0 amide bonds. The second kappa shape index (κ2) is 6.10. The van der Waals surface area contributed by atoms with E-state index >= 15 is 0 Å². The lowest BCUT2D eigenvalue weighted by molar-refractivity contribution is 0.0527. The van der Waals surface area contributed by atoms with Gasteiger partial charge in [0.1, 0.15) is 11.4 Å². The van der Waals surface area contributed by atoms with Gasteiger partial charge in [-0.2, -0.15) is 0 Å². The second-order valence-electron chi connectivity index (χ2n) is 3.56. The SMILES string of the molecule is CCCNc1ncc(C)cc1C(=O)OCC. The average Bonchev–Trinajstić information content (AvgIpc) is 2.27. The highest BCUT2D eigenvalue weighted by atomic mass is 16.5. The summed E-state index contributed by atoms with van der Waals surface area (Å²) in [6, 6.07) is 1.79. The van der Waals surface area contributed by atoms with Crippen molar-refractivity contribution in [3.8, 4) is 0 Å². The second-order valence-corrected chi connectivity index (χ2v) is 3.56. The molecular weight excluding hydrogens is 204 g/mol. The normalized spacial score (nSPS) is 9.94. The summed E-state index contributed by atoms with van der Waals surface area (Å²) in [6.45, 7) is 6.92. The summed E-state index contributed by atoms with van der Waals surface area (Å²) in [4.78, 5) is 15.9. The number of hydrogen-bond donors (Lipinski definition) is 1. The van der Waals surface area contributed by atoms with Crippen molar-refractivity contribution in [1.82, 2.24) is 4.98 Å². The highest BCUT2D eigenvalue weighted by Gasteiger charge is 2.13. The molecule has 16 heavy (non-hydrogen) atoms. The molecule has 0 saturated heterocycles. The molecule has 0 aliphatic rings. The number of nitrogens with zero attached hydrogens (tertiary/aromatic N) is 1. The molecule has 0 spiro atoms. The van der Waals surface area contributed by atoms with Crippen LogP contribution in [0.4, 0.5) is 5.82 Å². The third kappa shape index (κ3) is 3.22. The Bertz CT molecular complexity index is 364. The minimum Gasteiger partial charge on any atom is -0.462 e. The molecule has 0 aromatic carbocycles. The van der Waals surface area contributed by atoms with Crippen LogP contribution in [0.5, 0.6) is 0 Å². The van der Waals surface area contributed by atoms with Gasteiger partial charge < -0.3 is 10.1 Å². The molecule has 1 heterocycles. The zero-order valence-corrected chi connectivity index (χ0v) is 10.0. The van der Waals surface area contributed by atoms with Crippen LogP contribution < -0.4 is 5.32 Å². The number of rotatable bonds is 5. The number of carbonyl (C=O) groups is 1. The third-order valence-electron chi connectivity index (χ3n) is 2.06. The first-order valence-corrected chi connectivity index (χ1v) is 5.56.